The molecule has 1 aliphatic heterocycles. The maximum absolute atomic E-state index is 5.77. The van der Waals surface area contributed by atoms with Crippen LogP contribution in [0.1, 0.15) is 19.8 Å². The van der Waals surface area contributed by atoms with E-state index in [-0.39, 0.29) is 0 Å². The zero-order valence-corrected chi connectivity index (χ0v) is 10.2. The summed E-state index contributed by atoms with van der Waals surface area (Å²) in [6.07, 6.45) is 4.20. The smallest absolute Gasteiger partial charge is 0.224 e. The quantitative estimate of drug-likeness (QED) is 0.760. The van der Waals surface area contributed by atoms with Crippen LogP contribution in [0.25, 0.3) is 0 Å². The minimum absolute atomic E-state index is 0.310. The first-order chi connectivity index (χ1) is 7.79. The zero-order valence-electron chi connectivity index (χ0n) is 9.40. The molecule has 0 aliphatic carbocycles. The van der Waals surface area contributed by atoms with Crippen molar-refractivity contribution in [1.82, 2.24) is 9.97 Å². The first-order valence-corrected chi connectivity index (χ1v) is 6.02. The van der Waals surface area contributed by atoms with Crippen molar-refractivity contribution in [3.8, 4) is 0 Å². The van der Waals surface area contributed by atoms with Crippen LogP contribution in [-0.4, -0.2) is 35.8 Å². The minimum atomic E-state index is 0.310. The van der Waals surface area contributed by atoms with Crippen molar-refractivity contribution < 1.29 is 4.74 Å². The van der Waals surface area contributed by atoms with E-state index in [0.717, 1.165) is 38.4 Å². The molecule has 1 aromatic rings. The molecule has 1 aromatic heterocycles. The van der Waals surface area contributed by atoms with Gasteiger partial charge < -0.3 is 9.64 Å². The predicted octanol–water partition coefficient (Wildman–Crippen LogP) is 2.14. The van der Waals surface area contributed by atoms with Crippen molar-refractivity contribution in [1.29, 1.82) is 0 Å². The summed E-state index contributed by atoms with van der Waals surface area (Å²) >= 11 is 5.77. The first kappa shape index (κ1) is 11.6. The Labute approximate surface area is 101 Å². The predicted molar refractivity (Wildman–Crippen MR) is 63.9 cm³/mol. The minimum Gasteiger partial charge on any atom is -0.378 e. The molecule has 5 heteroatoms. The molecule has 88 valence electrons. The summed E-state index contributed by atoms with van der Waals surface area (Å²) in [5.74, 6) is 0.912. The molecule has 0 radical (unpaired) electrons. The van der Waals surface area contributed by atoms with Crippen molar-refractivity contribution in [2.75, 3.05) is 24.6 Å². The lowest BCUT2D eigenvalue weighted by Crippen LogP contribution is -2.37. The van der Waals surface area contributed by atoms with Crippen LogP contribution in [0.5, 0.6) is 0 Å². The Balaban J connectivity index is 1.94. The number of ether oxygens (including phenoxy) is 1. The Kier molecular flexibility index (Phi) is 3.96. The lowest BCUT2D eigenvalue weighted by molar-refractivity contribution is 0.0458. The molecule has 1 saturated heterocycles. The van der Waals surface area contributed by atoms with Crippen molar-refractivity contribution in [3.63, 3.8) is 0 Å². The molecule has 0 bridgehead atoms. The van der Waals surface area contributed by atoms with Gasteiger partial charge in [-0.1, -0.05) is 0 Å². The summed E-state index contributed by atoms with van der Waals surface area (Å²) in [4.78, 5) is 10.3. The first-order valence-electron chi connectivity index (χ1n) is 5.64. The standard InChI is InChI=1S/C11H16ClN3O/c1-2-16-9-4-7-15(8-5-9)10-3-6-13-11(12)14-10/h3,6,9H,2,4-5,7-8H2,1H3. The molecule has 1 fully saturated rings. The molecule has 0 N–H and O–H groups in total. The van der Waals surface area contributed by atoms with Gasteiger partial charge in [-0.15, -0.1) is 0 Å². The second kappa shape index (κ2) is 5.46. The Morgan fingerprint density at radius 2 is 2.25 bits per heavy atom. The van der Waals surface area contributed by atoms with Gasteiger partial charge in [0.1, 0.15) is 5.82 Å². The molecule has 4 nitrogen and oxygen atoms in total. The van der Waals surface area contributed by atoms with Crippen LogP contribution in [0.4, 0.5) is 5.82 Å². The monoisotopic (exact) mass is 241 g/mol. The molecule has 0 unspecified atom stereocenters. The van der Waals surface area contributed by atoms with Crippen molar-refractivity contribution in [2.24, 2.45) is 0 Å². The Morgan fingerprint density at radius 3 is 2.88 bits per heavy atom. The molecular formula is C11H16ClN3O. The number of piperidine rings is 1. The fourth-order valence-electron chi connectivity index (χ4n) is 1.99. The summed E-state index contributed by atoms with van der Waals surface area (Å²) in [6, 6.07) is 1.90. The van der Waals surface area contributed by atoms with E-state index in [0.29, 0.717) is 11.4 Å². The molecule has 16 heavy (non-hydrogen) atoms. The number of nitrogens with zero attached hydrogens (tertiary/aromatic N) is 3. The summed E-state index contributed by atoms with van der Waals surface area (Å²) in [5.41, 5.74) is 0. The third-order valence-corrected chi connectivity index (χ3v) is 2.96. The van der Waals surface area contributed by atoms with Gasteiger partial charge in [-0.2, -0.15) is 0 Å². The maximum atomic E-state index is 5.77. The van der Waals surface area contributed by atoms with Crippen LogP contribution < -0.4 is 4.90 Å². The topological polar surface area (TPSA) is 38.2 Å². The van der Waals surface area contributed by atoms with Gasteiger partial charge in [-0.25, -0.2) is 9.97 Å². The molecule has 2 rings (SSSR count). The molecule has 0 aromatic carbocycles. The van der Waals surface area contributed by atoms with Crippen molar-refractivity contribution in [3.05, 3.63) is 17.5 Å². The van der Waals surface area contributed by atoms with Crippen LogP contribution >= 0.6 is 11.6 Å². The number of hydrogen-bond acceptors (Lipinski definition) is 4. The summed E-state index contributed by atoms with van der Waals surface area (Å²) in [7, 11) is 0. The van der Waals surface area contributed by atoms with Gasteiger partial charge in [0.05, 0.1) is 6.10 Å². The third-order valence-electron chi connectivity index (χ3n) is 2.78. The number of halogens is 1. The van der Waals surface area contributed by atoms with Gasteiger partial charge in [0, 0.05) is 25.9 Å². The lowest BCUT2D eigenvalue weighted by Gasteiger charge is -2.32. The molecule has 2 heterocycles. The van der Waals surface area contributed by atoms with E-state index >= 15 is 0 Å². The second-order valence-corrected chi connectivity index (χ2v) is 4.16. The normalized spacial score (nSPS) is 17.8. The fourth-order valence-corrected chi connectivity index (χ4v) is 2.13. The Hall–Kier alpha value is -0.870. The Morgan fingerprint density at radius 1 is 1.50 bits per heavy atom. The average Bonchev–Trinajstić information content (AvgIpc) is 2.30. The van der Waals surface area contributed by atoms with Crippen LogP contribution in [0.15, 0.2) is 12.3 Å². The molecule has 1 aliphatic rings. The van der Waals surface area contributed by atoms with E-state index < -0.39 is 0 Å². The largest absolute Gasteiger partial charge is 0.378 e. The number of rotatable bonds is 3. The van der Waals surface area contributed by atoms with Gasteiger partial charge in [0.2, 0.25) is 5.28 Å². The average molecular weight is 242 g/mol. The summed E-state index contributed by atoms with van der Waals surface area (Å²) in [6.45, 7) is 4.77. The lowest BCUT2D eigenvalue weighted by atomic mass is 10.1. The SMILES string of the molecule is CCOC1CCN(c2ccnc(Cl)n2)CC1. The molecule has 0 amide bonds. The van der Waals surface area contributed by atoms with Crippen LogP contribution in [0.2, 0.25) is 5.28 Å². The summed E-state index contributed by atoms with van der Waals surface area (Å²) < 4.78 is 5.61. The molecule has 0 spiro atoms. The van der Waals surface area contributed by atoms with Crippen molar-refractivity contribution >= 4 is 17.4 Å². The number of anilines is 1. The van der Waals surface area contributed by atoms with E-state index in [1.807, 2.05) is 13.0 Å². The molecular weight excluding hydrogens is 226 g/mol. The molecule has 0 atom stereocenters. The van der Waals surface area contributed by atoms with E-state index in [1.54, 1.807) is 6.20 Å². The van der Waals surface area contributed by atoms with Crippen LogP contribution in [0, 0.1) is 0 Å². The highest BCUT2D eigenvalue weighted by atomic mass is 35.5. The van der Waals surface area contributed by atoms with Crippen molar-refractivity contribution in [2.45, 2.75) is 25.9 Å². The second-order valence-electron chi connectivity index (χ2n) is 3.83. The van der Waals surface area contributed by atoms with E-state index in [1.165, 1.54) is 0 Å². The van der Waals surface area contributed by atoms with Gasteiger partial charge in [0.25, 0.3) is 0 Å². The van der Waals surface area contributed by atoms with E-state index in [2.05, 4.69) is 14.9 Å². The highest BCUT2D eigenvalue weighted by Crippen LogP contribution is 2.19. The molecule has 0 saturated carbocycles. The third kappa shape index (κ3) is 2.83. The van der Waals surface area contributed by atoms with Gasteiger partial charge in [-0.3, -0.25) is 0 Å². The van der Waals surface area contributed by atoms with Crippen LogP contribution in [-0.2, 0) is 4.74 Å². The zero-order chi connectivity index (χ0) is 11.4. The number of hydrogen-bond donors (Lipinski definition) is 0. The van der Waals surface area contributed by atoms with Gasteiger partial charge in [0.15, 0.2) is 0 Å². The fraction of sp³-hybridized carbons (Fsp3) is 0.636. The van der Waals surface area contributed by atoms with E-state index in [9.17, 15) is 0 Å². The Bertz CT molecular complexity index is 340. The van der Waals surface area contributed by atoms with Gasteiger partial charge >= 0.3 is 0 Å². The highest BCUT2D eigenvalue weighted by Gasteiger charge is 2.20. The summed E-state index contributed by atoms with van der Waals surface area (Å²) in [5, 5.41) is 0.310. The van der Waals surface area contributed by atoms with Crippen LogP contribution in [0.3, 0.4) is 0 Å². The highest BCUT2D eigenvalue weighted by molar-refractivity contribution is 6.28. The maximum Gasteiger partial charge on any atom is 0.224 e. The van der Waals surface area contributed by atoms with Gasteiger partial charge in [-0.05, 0) is 37.4 Å². The number of aromatic nitrogens is 2. The van der Waals surface area contributed by atoms with E-state index in [4.69, 9.17) is 16.3 Å².